The molecule has 1 aliphatic heterocycles. The highest BCUT2D eigenvalue weighted by Crippen LogP contribution is 2.15. The van der Waals surface area contributed by atoms with Crippen LogP contribution in [0.25, 0.3) is 0 Å². The first-order valence-corrected chi connectivity index (χ1v) is 9.37. The minimum Gasteiger partial charge on any atom is -0.480 e. The maximum atomic E-state index is 12.7. The van der Waals surface area contributed by atoms with Crippen LogP contribution in [0.2, 0.25) is 0 Å². The van der Waals surface area contributed by atoms with E-state index in [1.54, 1.807) is 12.1 Å². The van der Waals surface area contributed by atoms with Crippen molar-refractivity contribution >= 4 is 11.9 Å². The Kier molecular flexibility index (Phi) is 7.77. The van der Waals surface area contributed by atoms with Crippen LogP contribution in [0.15, 0.2) is 24.3 Å². The molecule has 1 saturated heterocycles. The van der Waals surface area contributed by atoms with Crippen LogP contribution in [0, 0.1) is 0 Å². The zero-order valence-electron chi connectivity index (χ0n) is 16.7. The zero-order valence-corrected chi connectivity index (χ0v) is 16.7. The quantitative estimate of drug-likeness (QED) is 0.738. The highest BCUT2D eigenvalue weighted by Gasteiger charge is 2.22. The number of amides is 1. The van der Waals surface area contributed by atoms with Crippen molar-refractivity contribution in [2.24, 2.45) is 0 Å². The van der Waals surface area contributed by atoms with Crippen molar-refractivity contribution in [1.82, 2.24) is 14.7 Å². The number of benzene rings is 1. The number of carbonyl (C=O) groups is 2. The summed E-state index contributed by atoms with van der Waals surface area (Å²) in [6, 6.07) is 7.47. The van der Waals surface area contributed by atoms with Crippen LogP contribution in [-0.2, 0) is 16.1 Å². The zero-order chi connectivity index (χ0) is 20.0. The van der Waals surface area contributed by atoms with E-state index in [1.807, 2.05) is 31.1 Å². The lowest BCUT2D eigenvalue weighted by atomic mass is 10.1. The highest BCUT2D eigenvalue weighted by molar-refractivity contribution is 5.95. The molecule has 1 aromatic carbocycles. The van der Waals surface area contributed by atoms with Crippen molar-refractivity contribution < 1.29 is 19.4 Å². The number of likely N-dealkylation sites (N-methyl/N-ethyl adjacent to an activating group) is 1. The Hall–Kier alpha value is -1.96. The molecule has 0 saturated carbocycles. The predicted molar refractivity (Wildman–Crippen MR) is 104 cm³/mol. The minimum absolute atomic E-state index is 0.218. The van der Waals surface area contributed by atoms with Crippen LogP contribution < -0.4 is 0 Å². The summed E-state index contributed by atoms with van der Waals surface area (Å²) in [6.07, 6.45) is 0.437. The van der Waals surface area contributed by atoms with Crippen LogP contribution in [0.5, 0.6) is 0 Å². The Morgan fingerprint density at radius 3 is 2.22 bits per heavy atom. The monoisotopic (exact) mass is 377 g/mol. The maximum absolute atomic E-state index is 12.7. The van der Waals surface area contributed by atoms with Gasteiger partial charge in [-0.2, -0.15) is 0 Å². The van der Waals surface area contributed by atoms with Gasteiger partial charge in [-0.15, -0.1) is 0 Å². The number of carboxylic acids is 1. The van der Waals surface area contributed by atoms with Crippen molar-refractivity contribution in [2.45, 2.75) is 32.6 Å². The van der Waals surface area contributed by atoms with Crippen molar-refractivity contribution in [1.29, 1.82) is 0 Å². The van der Waals surface area contributed by atoms with Gasteiger partial charge in [0.1, 0.15) is 6.54 Å². The number of carbonyl (C=O) groups excluding carboxylic acids is 1. The third-order valence-corrected chi connectivity index (χ3v) is 4.53. The van der Waals surface area contributed by atoms with E-state index in [2.05, 4.69) is 18.7 Å². The molecule has 0 spiro atoms. The second-order valence-corrected chi connectivity index (χ2v) is 7.57. The van der Waals surface area contributed by atoms with Crippen LogP contribution >= 0.6 is 0 Å². The molecule has 0 aliphatic carbocycles. The molecule has 2 atom stereocenters. The summed E-state index contributed by atoms with van der Waals surface area (Å²) in [5.41, 5.74) is 1.65. The normalized spacial score (nSPS) is 20.6. The van der Waals surface area contributed by atoms with Crippen LogP contribution in [0.3, 0.4) is 0 Å². The van der Waals surface area contributed by atoms with Crippen molar-refractivity contribution in [2.75, 3.05) is 46.8 Å². The van der Waals surface area contributed by atoms with Gasteiger partial charge in [-0.3, -0.25) is 14.5 Å². The standard InChI is InChI=1S/C20H31N3O4/c1-15-11-22(12-16(2)27-15)13-17-5-7-18(8-6-17)20(26)23(14-19(24)25)10-9-21(3)4/h5-8,15-16H,9-14H2,1-4H3,(H,24,25)/t15-,16+. The van der Waals surface area contributed by atoms with Crippen molar-refractivity contribution in [3.05, 3.63) is 35.4 Å². The van der Waals surface area contributed by atoms with Crippen molar-refractivity contribution in [3.63, 3.8) is 0 Å². The van der Waals surface area contributed by atoms with Gasteiger partial charge in [0.2, 0.25) is 0 Å². The van der Waals surface area contributed by atoms with E-state index in [4.69, 9.17) is 9.84 Å². The number of aliphatic carboxylic acids is 1. The van der Waals surface area contributed by atoms with E-state index in [1.165, 1.54) is 4.90 Å². The summed E-state index contributed by atoms with van der Waals surface area (Å²) in [5.74, 6) is -1.26. The molecule has 150 valence electrons. The molecule has 1 aliphatic rings. The Morgan fingerprint density at radius 1 is 1.11 bits per heavy atom. The Bertz CT molecular complexity index is 623. The molecule has 0 radical (unpaired) electrons. The fourth-order valence-electron chi connectivity index (χ4n) is 3.34. The average Bonchev–Trinajstić information content (AvgIpc) is 2.57. The summed E-state index contributed by atoms with van der Waals surface area (Å²) in [7, 11) is 3.79. The SMILES string of the molecule is C[C@@H]1CN(Cc2ccc(C(=O)N(CCN(C)C)CC(=O)O)cc2)C[C@H](C)O1. The van der Waals surface area contributed by atoms with Gasteiger partial charge in [0.05, 0.1) is 12.2 Å². The Labute approximate surface area is 161 Å². The summed E-state index contributed by atoms with van der Waals surface area (Å²) >= 11 is 0. The smallest absolute Gasteiger partial charge is 0.323 e. The number of morpholine rings is 1. The van der Waals surface area contributed by atoms with E-state index < -0.39 is 5.97 Å². The Morgan fingerprint density at radius 2 is 1.70 bits per heavy atom. The van der Waals surface area contributed by atoms with E-state index >= 15 is 0 Å². The minimum atomic E-state index is -1.01. The predicted octanol–water partition coefficient (Wildman–Crippen LogP) is 1.38. The first-order valence-electron chi connectivity index (χ1n) is 9.37. The largest absolute Gasteiger partial charge is 0.480 e. The summed E-state index contributed by atoms with van der Waals surface area (Å²) in [6.45, 7) is 7.45. The lowest BCUT2D eigenvalue weighted by Crippen LogP contribution is -2.44. The number of hydrogen-bond acceptors (Lipinski definition) is 5. The molecular weight excluding hydrogens is 346 g/mol. The van der Waals surface area contributed by atoms with E-state index in [0.29, 0.717) is 18.7 Å². The number of rotatable bonds is 8. The van der Waals surface area contributed by atoms with E-state index in [-0.39, 0.29) is 24.7 Å². The molecule has 27 heavy (non-hydrogen) atoms. The van der Waals surface area contributed by atoms with Gasteiger partial charge in [0.25, 0.3) is 5.91 Å². The number of carboxylic acid groups (broad SMARTS) is 1. The number of hydrogen-bond donors (Lipinski definition) is 1. The molecule has 1 heterocycles. The topological polar surface area (TPSA) is 73.3 Å². The lowest BCUT2D eigenvalue weighted by molar-refractivity contribution is -0.137. The average molecular weight is 377 g/mol. The van der Waals surface area contributed by atoms with Gasteiger partial charge in [0.15, 0.2) is 0 Å². The molecule has 1 N–H and O–H groups in total. The molecule has 2 rings (SSSR count). The van der Waals surface area contributed by atoms with Gasteiger partial charge in [-0.1, -0.05) is 12.1 Å². The molecule has 0 unspecified atom stereocenters. The second kappa shape index (κ2) is 9.82. The van der Waals surface area contributed by atoms with Gasteiger partial charge in [0, 0.05) is 38.3 Å². The lowest BCUT2D eigenvalue weighted by Gasteiger charge is -2.35. The second-order valence-electron chi connectivity index (χ2n) is 7.57. The summed E-state index contributed by atoms with van der Waals surface area (Å²) < 4.78 is 5.76. The van der Waals surface area contributed by atoms with E-state index in [9.17, 15) is 9.59 Å². The third kappa shape index (κ3) is 6.93. The fraction of sp³-hybridized carbons (Fsp3) is 0.600. The molecule has 7 nitrogen and oxygen atoms in total. The van der Waals surface area contributed by atoms with Crippen LogP contribution in [0.1, 0.15) is 29.8 Å². The first-order chi connectivity index (χ1) is 12.7. The molecule has 1 aromatic rings. The molecular formula is C20H31N3O4. The first kappa shape index (κ1) is 21.3. The summed E-state index contributed by atoms with van der Waals surface area (Å²) in [4.78, 5) is 29.4. The highest BCUT2D eigenvalue weighted by atomic mass is 16.5. The van der Waals surface area contributed by atoms with Gasteiger partial charge >= 0.3 is 5.97 Å². The summed E-state index contributed by atoms with van der Waals surface area (Å²) in [5, 5.41) is 9.09. The third-order valence-electron chi connectivity index (χ3n) is 4.53. The number of ether oxygens (including phenoxy) is 1. The van der Waals surface area contributed by atoms with Gasteiger partial charge in [-0.05, 0) is 45.6 Å². The maximum Gasteiger partial charge on any atom is 0.323 e. The van der Waals surface area contributed by atoms with Crippen molar-refractivity contribution in [3.8, 4) is 0 Å². The molecule has 0 aromatic heterocycles. The fourth-order valence-corrected chi connectivity index (χ4v) is 3.34. The number of nitrogens with zero attached hydrogens (tertiary/aromatic N) is 3. The van der Waals surface area contributed by atoms with Gasteiger partial charge < -0.3 is 19.6 Å². The molecule has 1 fully saturated rings. The van der Waals surface area contributed by atoms with Gasteiger partial charge in [-0.25, -0.2) is 0 Å². The van der Waals surface area contributed by atoms with Crippen LogP contribution in [-0.4, -0.2) is 90.7 Å². The molecule has 0 bridgehead atoms. The molecule has 1 amide bonds. The van der Waals surface area contributed by atoms with E-state index in [0.717, 1.165) is 25.2 Å². The molecule has 7 heteroatoms. The van der Waals surface area contributed by atoms with Crippen LogP contribution in [0.4, 0.5) is 0 Å². The Balaban J connectivity index is 2.01.